The molecule has 4 fully saturated rings. The maximum absolute atomic E-state index is 12.5. The van der Waals surface area contributed by atoms with Crippen LogP contribution in [0.2, 0.25) is 0 Å². The summed E-state index contributed by atoms with van der Waals surface area (Å²) in [7, 11) is 2.03. The van der Waals surface area contributed by atoms with Crippen molar-refractivity contribution in [3.8, 4) is 0 Å². The predicted molar refractivity (Wildman–Crippen MR) is 118 cm³/mol. The van der Waals surface area contributed by atoms with E-state index in [-0.39, 0.29) is 28.6 Å². The summed E-state index contributed by atoms with van der Waals surface area (Å²) in [4.78, 5) is 27.0. The molecule has 3 aliphatic carbocycles. The molecule has 0 radical (unpaired) electrons. The van der Waals surface area contributed by atoms with Crippen molar-refractivity contribution in [3.63, 3.8) is 0 Å². The Balaban J connectivity index is 1.55. The molecule has 3 saturated carbocycles. The van der Waals surface area contributed by atoms with E-state index >= 15 is 0 Å². The molecule has 1 unspecified atom stereocenters. The van der Waals surface area contributed by atoms with Crippen LogP contribution < -0.4 is 5.32 Å². The zero-order chi connectivity index (χ0) is 22.1. The highest BCUT2D eigenvalue weighted by Crippen LogP contribution is 2.66. The van der Waals surface area contributed by atoms with Crippen LogP contribution in [-0.2, 0) is 9.53 Å². The van der Waals surface area contributed by atoms with Gasteiger partial charge in [-0.3, -0.25) is 4.79 Å². The van der Waals surface area contributed by atoms with Gasteiger partial charge in [-0.05, 0) is 88.4 Å². The number of ether oxygens (including phenoxy) is 1. The van der Waals surface area contributed by atoms with Crippen molar-refractivity contribution in [1.82, 2.24) is 10.2 Å². The normalized spacial score (nSPS) is 46.0. The molecule has 1 N–H and O–H groups in total. The summed E-state index contributed by atoms with van der Waals surface area (Å²) in [5.74, 6) is 2.88. The van der Waals surface area contributed by atoms with Crippen molar-refractivity contribution in [2.75, 3.05) is 7.05 Å². The monoisotopic (exact) mass is 418 g/mol. The lowest BCUT2D eigenvalue weighted by Gasteiger charge is -2.63. The molecule has 4 rings (SSSR count). The summed E-state index contributed by atoms with van der Waals surface area (Å²) < 4.78 is 6.03. The molecule has 1 heterocycles. The molecule has 0 spiro atoms. The SMILES string of the molecule is CC1C[C@H]2N(C)C(=O)CC[C@]2(C)[C@H]2CC[C@]3(C)[C@@H](OC(=O)NC(C)(C)C)CC[C@H]3[C@H]12. The molecule has 170 valence electrons. The zero-order valence-corrected chi connectivity index (χ0v) is 20.1. The second-order valence-electron chi connectivity index (χ2n) is 12.4. The molecule has 1 aliphatic heterocycles. The van der Waals surface area contributed by atoms with E-state index in [4.69, 9.17) is 4.74 Å². The predicted octanol–water partition coefficient (Wildman–Crippen LogP) is 4.99. The first kappa shape index (κ1) is 22.0. The number of piperidine rings is 1. The quantitative estimate of drug-likeness (QED) is 0.653. The van der Waals surface area contributed by atoms with Crippen molar-refractivity contribution in [3.05, 3.63) is 0 Å². The van der Waals surface area contributed by atoms with Gasteiger partial charge in [-0.2, -0.15) is 0 Å². The van der Waals surface area contributed by atoms with Crippen LogP contribution in [0.25, 0.3) is 0 Å². The van der Waals surface area contributed by atoms with Gasteiger partial charge in [0.1, 0.15) is 6.10 Å². The zero-order valence-electron chi connectivity index (χ0n) is 20.1. The number of fused-ring (bicyclic) bond motifs is 5. The second-order valence-corrected chi connectivity index (χ2v) is 12.4. The smallest absolute Gasteiger partial charge is 0.407 e. The largest absolute Gasteiger partial charge is 0.446 e. The fourth-order valence-electron chi connectivity index (χ4n) is 8.07. The molecule has 4 aliphatic rings. The highest BCUT2D eigenvalue weighted by molar-refractivity contribution is 5.77. The van der Waals surface area contributed by atoms with Crippen LogP contribution in [0.15, 0.2) is 0 Å². The Morgan fingerprint density at radius 1 is 1.10 bits per heavy atom. The molecule has 1 saturated heterocycles. The third kappa shape index (κ3) is 3.35. The first-order valence-electron chi connectivity index (χ1n) is 12.1. The van der Waals surface area contributed by atoms with Crippen molar-refractivity contribution in [2.45, 2.75) is 104 Å². The Morgan fingerprint density at radius 3 is 2.43 bits per heavy atom. The number of carbonyl (C=O) groups is 2. The molecular weight excluding hydrogens is 376 g/mol. The summed E-state index contributed by atoms with van der Waals surface area (Å²) in [5, 5.41) is 2.98. The van der Waals surface area contributed by atoms with Gasteiger partial charge in [0.05, 0.1) is 0 Å². The Morgan fingerprint density at radius 2 is 1.77 bits per heavy atom. The Labute approximate surface area is 182 Å². The van der Waals surface area contributed by atoms with Crippen LogP contribution in [-0.4, -0.2) is 41.6 Å². The molecular formula is C25H42N2O3. The van der Waals surface area contributed by atoms with E-state index in [1.165, 1.54) is 6.42 Å². The number of amides is 2. The lowest BCUT2D eigenvalue weighted by Crippen LogP contribution is -2.63. The molecule has 0 aromatic carbocycles. The molecule has 2 amide bonds. The Kier molecular flexibility index (Phi) is 5.22. The summed E-state index contributed by atoms with van der Waals surface area (Å²) in [6.45, 7) is 13.2. The highest BCUT2D eigenvalue weighted by atomic mass is 16.6. The molecule has 0 aromatic rings. The van der Waals surface area contributed by atoms with E-state index in [2.05, 4.69) is 31.0 Å². The van der Waals surface area contributed by atoms with Gasteiger partial charge < -0.3 is 15.0 Å². The summed E-state index contributed by atoms with van der Waals surface area (Å²) in [5.41, 5.74) is 0.0214. The maximum atomic E-state index is 12.5. The van der Waals surface area contributed by atoms with E-state index in [0.717, 1.165) is 32.1 Å². The van der Waals surface area contributed by atoms with Crippen LogP contribution in [0.1, 0.15) is 86.5 Å². The van der Waals surface area contributed by atoms with E-state index in [1.807, 2.05) is 27.8 Å². The third-order valence-electron chi connectivity index (χ3n) is 9.57. The number of likely N-dealkylation sites (tertiary alicyclic amines) is 1. The molecule has 0 aromatic heterocycles. The molecule has 30 heavy (non-hydrogen) atoms. The first-order chi connectivity index (χ1) is 13.9. The topological polar surface area (TPSA) is 58.6 Å². The van der Waals surface area contributed by atoms with Gasteiger partial charge in [-0.15, -0.1) is 0 Å². The van der Waals surface area contributed by atoms with Gasteiger partial charge >= 0.3 is 6.09 Å². The van der Waals surface area contributed by atoms with Gasteiger partial charge in [-0.1, -0.05) is 20.8 Å². The van der Waals surface area contributed by atoms with Crippen molar-refractivity contribution in [2.24, 2.45) is 34.5 Å². The van der Waals surface area contributed by atoms with E-state index in [1.54, 1.807) is 0 Å². The van der Waals surface area contributed by atoms with Gasteiger partial charge in [0.25, 0.3) is 0 Å². The Hall–Kier alpha value is -1.26. The number of alkyl carbamates (subject to hydrolysis) is 1. The molecule has 5 nitrogen and oxygen atoms in total. The number of rotatable bonds is 1. The van der Waals surface area contributed by atoms with E-state index in [0.29, 0.717) is 42.0 Å². The maximum Gasteiger partial charge on any atom is 0.407 e. The summed E-state index contributed by atoms with van der Waals surface area (Å²) >= 11 is 0. The van der Waals surface area contributed by atoms with Crippen LogP contribution >= 0.6 is 0 Å². The standard InChI is InChI=1S/C25H42N2O3/c1-15-14-18-24(5,13-11-20(28)27(18)7)17-10-12-25(6)16(21(15)17)8-9-19(25)30-22(29)26-23(2,3)4/h15-19,21H,8-14H2,1-7H3,(H,26,29)/t15?,16-,17-,18+,19-,21-,24+,25-/m0/s1. The van der Waals surface area contributed by atoms with Gasteiger partial charge in [0.15, 0.2) is 0 Å². The van der Waals surface area contributed by atoms with Gasteiger partial charge in [0.2, 0.25) is 5.91 Å². The molecule has 8 atom stereocenters. The lowest BCUT2D eigenvalue weighted by atomic mass is 9.45. The Bertz CT molecular complexity index is 716. The first-order valence-corrected chi connectivity index (χ1v) is 12.1. The number of nitrogens with one attached hydrogen (secondary N) is 1. The minimum absolute atomic E-state index is 0.0131. The van der Waals surface area contributed by atoms with Crippen LogP contribution in [0.3, 0.4) is 0 Å². The van der Waals surface area contributed by atoms with Crippen LogP contribution in [0.5, 0.6) is 0 Å². The van der Waals surface area contributed by atoms with Crippen molar-refractivity contribution < 1.29 is 14.3 Å². The second kappa shape index (κ2) is 7.13. The summed E-state index contributed by atoms with van der Waals surface area (Å²) in [6.07, 6.45) is 7.04. The van der Waals surface area contributed by atoms with Crippen LogP contribution in [0, 0.1) is 34.5 Å². The fraction of sp³-hybridized carbons (Fsp3) is 0.920. The minimum atomic E-state index is -0.278. The van der Waals surface area contributed by atoms with Gasteiger partial charge in [0, 0.05) is 30.5 Å². The lowest BCUT2D eigenvalue weighted by molar-refractivity contribution is -0.168. The average molecular weight is 419 g/mol. The van der Waals surface area contributed by atoms with E-state index < -0.39 is 0 Å². The highest BCUT2D eigenvalue weighted by Gasteiger charge is 2.63. The molecule has 0 bridgehead atoms. The molecule has 5 heteroatoms. The van der Waals surface area contributed by atoms with Crippen molar-refractivity contribution in [1.29, 1.82) is 0 Å². The minimum Gasteiger partial charge on any atom is -0.446 e. The number of hydrogen-bond donors (Lipinski definition) is 1. The van der Waals surface area contributed by atoms with Crippen LogP contribution in [0.4, 0.5) is 4.79 Å². The van der Waals surface area contributed by atoms with Gasteiger partial charge in [-0.25, -0.2) is 4.79 Å². The fourth-order valence-corrected chi connectivity index (χ4v) is 8.07. The van der Waals surface area contributed by atoms with Crippen molar-refractivity contribution >= 4 is 12.0 Å². The third-order valence-corrected chi connectivity index (χ3v) is 9.57. The number of nitrogens with zero attached hydrogens (tertiary/aromatic N) is 1. The average Bonchev–Trinajstić information content (AvgIpc) is 2.95. The summed E-state index contributed by atoms with van der Waals surface area (Å²) in [6, 6.07) is 0.380. The number of carbonyl (C=O) groups excluding carboxylic acids is 2. The van der Waals surface area contributed by atoms with E-state index in [9.17, 15) is 9.59 Å². The number of hydrogen-bond acceptors (Lipinski definition) is 3.